The number of benzene rings is 2. The number of nitrogens with one attached hydrogen (secondary N) is 2. The molecule has 23 heteroatoms. The molecular weight excluding hydrogens is 1270 g/mol. The van der Waals surface area contributed by atoms with Gasteiger partial charge in [0.05, 0.1) is 64.4 Å². The Balaban J connectivity index is 0.000000242. The van der Waals surface area contributed by atoms with Crippen molar-refractivity contribution in [2.45, 2.75) is 195 Å². The molecule has 6 N–H and O–H groups in total. The van der Waals surface area contributed by atoms with Crippen LogP contribution in [0.2, 0.25) is 36.3 Å². The molecule has 2 saturated heterocycles. The van der Waals surface area contributed by atoms with Gasteiger partial charge in [0.25, 0.3) is 0 Å². The van der Waals surface area contributed by atoms with Crippen LogP contribution >= 0.6 is 15.9 Å². The van der Waals surface area contributed by atoms with Crippen molar-refractivity contribution in [1.29, 1.82) is 0 Å². The van der Waals surface area contributed by atoms with E-state index in [1.807, 2.05) is 105 Å². The van der Waals surface area contributed by atoms with Crippen LogP contribution in [0.5, 0.6) is 17.4 Å². The number of carbonyl (C=O) groups excluding carboxylic acids is 2. The maximum Gasteiger partial charge on any atom is 0.410 e. The third-order valence-corrected chi connectivity index (χ3v) is 26.9. The second-order valence-electron chi connectivity index (χ2n) is 29.3. The number of pyridine rings is 1. The maximum absolute atomic E-state index is 12.8. The zero-order valence-electron chi connectivity index (χ0n) is 58.3. The molecule has 2 fully saturated rings. The lowest BCUT2D eigenvalue weighted by Gasteiger charge is -2.36. The summed E-state index contributed by atoms with van der Waals surface area (Å²) in [4.78, 5) is 43.2. The molecule has 502 valence electrons. The van der Waals surface area contributed by atoms with E-state index in [2.05, 4.69) is 136 Å². The van der Waals surface area contributed by atoms with Crippen molar-refractivity contribution in [2.24, 2.45) is 21.5 Å². The molecule has 93 heavy (non-hydrogen) atoms. The first-order chi connectivity index (χ1) is 43.4. The third kappa shape index (κ3) is 18.0. The van der Waals surface area contributed by atoms with Crippen molar-refractivity contribution in [2.75, 3.05) is 43.9 Å². The van der Waals surface area contributed by atoms with Crippen molar-refractivity contribution in [3.05, 3.63) is 118 Å². The Hall–Kier alpha value is -7.64. The number of halogens is 1. The van der Waals surface area contributed by atoms with Gasteiger partial charge in [-0.15, -0.1) is 0 Å². The summed E-state index contributed by atoms with van der Waals surface area (Å²) in [6.45, 7) is 40.4. The minimum Gasteiger partial charge on any atom is -0.543 e. The fraction of sp³-hybridized carbons (Fsp3) is 0.500. The highest BCUT2D eigenvalue weighted by Gasteiger charge is 2.40. The molecule has 0 aliphatic carbocycles. The molecule has 2 aliphatic heterocycles. The first kappa shape index (κ1) is 71.2. The molecule has 20 nitrogen and oxygen atoms in total. The molecule has 0 bridgehead atoms. The van der Waals surface area contributed by atoms with E-state index in [-0.39, 0.29) is 34.3 Å². The number of aryl methyl sites for hydroxylation is 2. The number of fused-ring (bicyclic) bond motifs is 2. The summed E-state index contributed by atoms with van der Waals surface area (Å²) in [7, 11) is -2.38. The number of nitrogens with two attached hydrogens (primary N) is 2. The van der Waals surface area contributed by atoms with Crippen LogP contribution in [0, 0.1) is 0 Å². The molecular formula is C70H100BrN13O7Si2. The Morgan fingerprint density at radius 3 is 1.39 bits per heavy atom. The SMILES string of the molecule is CCc1cc(O[Si](C)(C)C(C)(C)C)ccc1N=C(N)c1cnn2cc(-c3ccc(OC)nc3)cc2c1NC1CCN(C(=O)OC(C)(C)C)CC1.CCc1cc(O[Si](C)(C)C(C)(C)C)ccc1N=C(N)c1cnn2cc(Br)cc2c1NC1CCN(C(=O)OC(C)(C)C)CC1. The quantitative estimate of drug-likeness (QED) is 0.0400. The van der Waals surface area contributed by atoms with Crippen LogP contribution in [-0.4, -0.2) is 131 Å². The minimum absolute atomic E-state index is 0.0879. The number of anilines is 2. The van der Waals surface area contributed by atoms with Crippen LogP contribution in [0.25, 0.3) is 22.2 Å². The highest BCUT2D eigenvalue weighted by Crippen LogP contribution is 2.41. The Kier molecular flexibility index (Phi) is 21.8. The van der Waals surface area contributed by atoms with Crippen LogP contribution in [0.1, 0.15) is 145 Å². The van der Waals surface area contributed by atoms with E-state index in [1.54, 1.807) is 35.5 Å². The molecule has 5 aromatic heterocycles. The van der Waals surface area contributed by atoms with E-state index in [0.29, 0.717) is 49.3 Å². The van der Waals surface area contributed by atoms with Crippen LogP contribution in [0.15, 0.2) is 106 Å². The number of rotatable bonds is 16. The van der Waals surface area contributed by atoms with Gasteiger partial charge in [-0.05, 0) is 198 Å². The number of aliphatic imine (C=N–C) groups is 2. The Morgan fingerprint density at radius 1 is 0.591 bits per heavy atom. The van der Waals surface area contributed by atoms with E-state index in [9.17, 15) is 9.59 Å². The zero-order chi connectivity index (χ0) is 68.2. The van der Waals surface area contributed by atoms with Crippen LogP contribution < -0.4 is 35.7 Å². The number of ether oxygens (including phenoxy) is 3. The molecule has 7 aromatic rings. The Labute approximate surface area is 561 Å². The molecule has 0 radical (unpaired) electrons. The Morgan fingerprint density at radius 2 is 1.01 bits per heavy atom. The highest BCUT2D eigenvalue weighted by atomic mass is 79.9. The average Bonchev–Trinajstić information content (AvgIpc) is 1.72. The number of likely N-dealkylation sites (tertiary alicyclic amines) is 2. The topological polar surface area (TPSA) is 235 Å². The predicted octanol–water partition coefficient (Wildman–Crippen LogP) is 16.1. The van der Waals surface area contributed by atoms with E-state index in [0.717, 1.165) is 116 Å². The van der Waals surface area contributed by atoms with E-state index < -0.39 is 27.8 Å². The molecule has 0 saturated carbocycles. The lowest BCUT2D eigenvalue weighted by molar-refractivity contribution is 0.0200. The van der Waals surface area contributed by atoms with Gasteiger partial charge >= 0.3 is 12.2 Å². The van der Waals surface area contributed by atoms with Gasteiger partial charge < -0.3 is 55.0 Å². The second-order valence-corrected chi connectivity index (χ2v) is 39.6. The van der Waals surface area contributed by atoms with Crippen LogP contribution in [0.3, 0.4) is 0 Å². The smallest absolute Gasteiger partial charge is 0.410 e. The monoisotopic (exact) mass is 1370 g/mol. The van der Waals surface area contributed by atoms with Gasteiger partial charge in [-0.1, -0.05) is 55.4 Å². The number of aromatic nitrogens is 5. The zero-order valence-corrected chi connectivity index (χ0v) is 61.9. The lowest BCUT2D eigenvalue weighted by atomic mass is 10.0. The summed E-state index contributed by atoms with van der Waals surface area (Å²) in [6, 6.07) is 20.3. The second kappa shape index (κ2) is 28.5. The van der Waals surface area contributed by atoms with E-state index in [4.69, 9.17) is 49.6 Å². The van der Waals surface area contributed by atoms with Gasteiger partial charge in [0.2, 0.25) is 22.5 Å². The number of piperidine rings is 2. The Bertz CT molecular complexity index is 3840. The molecule has 0 unspecified atom stereocenters. The first-order valence-corrected chi connectivity index (χ1v) is 39.1. The van der Waals surface area contributed by atoms with Gasteiger partial charge in [-0.25, -0.2) is 33.6 Å². The molecule has 0 spiro atoms. The number of nitrogens with zero attached hydrogens (tertiary/aromatic N) is 9. The summed E-state index contributed by atoms with van der Waals surface area (Å²) in [5, 5.41) is 17.1. The number of amides is 2. The third-order valence-electron chi connectivity index (χ3n) is 17.8. The molecule has 0 atom stereocenters. The van der Waals surface area contributed by atoms with E-state index >= 15 is 0 Å². The van der Waals surface area contributed by atoms with Crippen molar-refractivity contribution >= 4 is 90.2 Å². The largest absolute Gasteiger partial charge is 0.543 e. The van der Waals surface area contributed by atoms with Gasteiger partial charge in [0.15, 0.2) is 0 Å². The molecule has 9 rings (SSSR count). The predicted molar refractivity (Wildman–Crippen MR) is 385 cm³/mol. The summed E-state index contributed by atoms with van der Waals surface area (Å²) >= 11 is 3.59. The summed E-state index contributed by atoms with van der Waals surface area (Å²) in [5.74, 6) is 3.03. The molecule has 2 aromatic carbocycles. The van der Waals surface area contributed by atoms with Gasteiger partial charge in [-0.3, -0.25) is 0 Å². The molecule has 2 aliphatic rings. The number of hydrogen-bond acceptors (Lipinski definition) is 14. The molecule has 2 amide bonds. The lowest BCUT2D eigenvalue weighted by Crippen LogP contribution is -2.44. The van der Waals surface area contributed by atoms with Crippen molar-refractivity contribution in [1.82, 2.24) is 34.0 Å². The number of methoxy groups -OCH3 is 1. The fourth-order valence-electron chi connectivity index (χ4n) is 10.4. The summed E-state index contributed by atoms with van der Waals surface area (Å²) < 4.78 is 34.2. The first-order valence-electron chi connectivity index (χ1n) is 32.5. The van der Waals surface area contributed by atoms with Crippen molar-refractivity contribution < 1.29 is 32.7 Å². The average molecular weight is 1370 g/mol. The van der Waals surface area contributed by atoms with E-state index in [1.165, 1.54) is 0 Å². The van der Waals surface area contributed by atoms with Gasteiger partial charge in [0, 0.05) is 78.5 Å². The van der Waals surface area contributed by atoms with Crippen LogP contribution in [-0.2, 0) is 22.3 Å². The van der Waals surface area contributed by atoms with Crippen molar-refractivity contribution in [3.8, 4) is 28.5 Å². The fourth-order valence-corrected chi connectivity index (χ4v) is 12.8. The van der Waals surface area contributed by atoms with Crippen LogP contribution in [0.4, 0.5) is 32.3 Å². The number of amidine groups is 2. The number of hydrogen-bond donors (Lipinski definition) is 4. The standard InChI is InChI=1S/C38H53N7O4Si.C32H47BrN6O3Si/c1-11-25-20-29(49-50(9,10)38(5,6)7)13-14-31(25)43-35(39)30-23-41-45-24-27(26-12-15-33(47-8)40-22-26)21-32(45)34(30)42-28-16-18-44(19-17-28)36(46)48-37(2,3)4;1-10-21-17-24(42-43(8,9)32(5,6)7)11-12-26(21)37-29(34)25-19-35-39-20-22(33)18-27(39)28(25)36-23-13-15-38(16-14-23)30(40)41-31(2,3)4/h12-15,20-24,28,42H,11,16-19H2,1-10H3,(H2,39,43);11-12,17-20,23,36H,10,13-16H2,1-9H3,(H2,34,37). The van der Waals surface area contributed by atoms with Gasteiger partial charge in [0.1, 0.15) is 34.4 Å². The van der Waals surface area contributed by atoms with Gasteiger partial charge in [-0.2, -0.15) is 10.2 Å². The summed E-state index contributed by atoms with van der Waals surface area (Å²) in [6.07, 6.45) is 13.3. The maximum atomic E-state index is 12.8. The van der Waals surface area contributed by atoms with Crippen molar-refractivity contribution in [3.63, 3.8) is 0 Å². The normalized spacial score (nSPS) is 15.2. The highest BCUT2D eigenvalue weighted by molar-refractivity contribution is 9.10. The minimum atomic E-state index is -2.01. The summed E-state index contributed by atoms with van der Waals surface area (Å²) in [5.41, 5.74) is 23.0. The molecule has 7 heterocycles. The number of carbonyl (C=O) groups is 2.